The first-order valence-corrected chi connectivity index (χ1v) is 14.0. The third-order valence-electron chi connectivity index (χ3n) is 6.33. The minimum atomic E-state index is -2.86. The lowest BCUT2D eigenvalue weighted by Crippen LogP contribution is -2.39. The second-order valence-electron chi connectivity index (χ2n) is 9.22. The zero-order chi connectivity index (χ0) is 25.8. The molecule has 0 aliphatic carbocycles. The average molecular weight is 517 g/mol. The van der Waals surface area contributed by atoms with Gasteiger partial charge in [0.1, 0.15) is 17.6 Å². The number of imidazole rings is 1. The molecular weight excluding hydrogens is 488 g/mol. The van der Waals surface area contributed by atoms with Crippen molar-refractivity contribution in [2.45, 2.75) is 26.1 Å². The maximum absolute atomic E-state index is 11.6. The van der Waals surface area contributed by atoms with E-state index in [0.717, 1.165) is 34.5 Å². The molecule has 0 bridgehead atoms. The lowest BCUT2D eigenvalue weighted by Gasteiger charge is -2.26. The highest BCUT2D eigenvalue weighted by Gasteiger charge is 2.21. The summed E-state index contributed by atoms with van der Waals surface area (Å²) in [4.78, 5) is 6.35. The van der Waals surface area contributed by atoms with Gasteiger partial charge in [0.2, 0.25) is 0 Å². The Morgan fingerprint density at radius 1 is 1.00 bits per heavy atom. The number of aliphatic hydroxyl groups excluding tert-OH is 1. The Labute approximate surface area is 216 Å². The molecule has 1 N–H and O–H groups in total. The van der Waals surface area contributed by atoms with Gasteiger partial charge in [0.15, 0.2) is 15.6 Å². The van der Waals surface area contributed by atoms with E-state index < -0.39 is 15.9 Å². The van der Waals surface area contributed by atoms with Crippen LogP contribution in [-0.2, 0) is 22.9 Å². The topological polar surface area (TPSA) is 101 Å². The van der Waals surface area contributed by atoms with Crippen molar-refractivity contribution in [3.05, 3.63) is 95.2 Å². The van der Waals surface area contributed by atoms with Crippen LogP contribution in [0.1, 0.15) is 41.2 Å². The molecule has 2 aromatic heterocycles. The fourth-order valence-electron chi connectivity index (χ4n) is 4.24. The Morgan fingerprint density at radius 3 is 2.30 bits per heavy atom. The highest BCUT2D eigenvalue weighted by atomic mass is 32.2. The molecule has 1 unspecified atom stereocenters. The van der Waals surface area contributed by atoms with Crippen molar-refractivity contribution in [3.8, 4) is 23.2 Å². The van der Waals surface area contributed by atoms with Gasteiger partial charge in [-0.3, -0.25) is 4.90 Å². The lowest BCUT2D eigenvalue weighted by atomic mass is 10.1. The molecule has 1 atom stereocenters. The van der Waals surface area contributed by atoms with Crippen molar-refractivity contribution >= 4 is 9.84 Å². The molecule has 2 aromatic carbocycles. The Morgan fingerprint density at radius 2 is 1.65 bits per heavy atom. The van der Waals surface area contributed by atoms with E-state index in [1.54, 1.807) is 19.3 Å². The number of benzene rings is 2. The summed E-state index contributed by atoms with van der Waals surface area (Å²) in [5.74, 6) is 8.12. The number of hydrogen-bond acceptors (Lipinski definition) is 7. The quantitative estimate of drug-likeness (QED) is 0.393. The number of sulfone groups is 1. The molecule has 190 valence electrons. The van der Waals surface area contributed by atoms with Crippen LogP contribution in [0.15, 0.2) is 71.5 Å². The summed E-state index contributed by atoms with van der Waals surface area (Å²) in [6.45, 7) is 4.07. The van der Waals surface area contributed by atoms with Gasteiger partial charge in [-0.2, -0.15) is 0 Å². The van der Waals surface area contributed by atoms with E-state index in [0.29, 0.717) is 31.2 Å². The van der Waals surface area contributed by atoms with Crippen LogP contribution < -0.4 is 0 Å². The summed E-state index contributed by atoms with van der Waals surface area (Å²) in [6, 6.07) is 17.8. The van der Waals surface area contributed by atoms with Gasteiger partial charge < -0.3 is 14.2 Å². The van der Waals surface area contributed by atoms with Crippen molar-refractivity contribution in [3.63, 3.8) is 0 Å². The number of aromatic nitrogens is 3. The monoisotopic (exact) mass is 516 g/mol. The summed E-state index contributed by atoms with van der Waals surface area (Å²) < 4.78 is 30.6. The summed E-state index contributed by atoms with van der Waals surface area (Å²) in [5.41, 5.74) is 4.61. The van der Waals surface area contributed by atoms with Crippen molar-refractivity contribution in [1.29, 1.82) is 0 Å². The lowest BCUT2D eigenvalue weighted by molar-refractivity contribution is 0.184. The number of hydrogen-bond donors (Lipinski definition) is 1. The first-order chi connectivity index (χ1) is 17.8. The van der Waals surface area contributed by atoms with Gasteiger partial charge in [0, 0.05) is 54.8 Å². The minimum absolute atomic E-state index is 0.239. The molecule has 0 radical (unpaired) electrons. The van der Waals surface area contributed by atoms with Crippen LogP contribution in [0.4, 0.5) is 0 Å². The van der Waals surface area contributed by atoms with E-state index in [-0.39, 0.29) is 11.5 Å². The third kappa shape index (κ3) is 6.35. The van der Waals surface area contributed by atoms with Crippen LogP contribution in [0.25, 0.3) is 11.3 Å². The molecule has 0 amide bonds. The van der Waals surface area contributed by atoms with E-state index in [2.05, 4.69) is 26.9 Å². The summed E-state index contributed by atoms with van der Waals surface area (Å²) in [6.07, 6.45) is 2.81. The largest absolute Gasteiger partial charge is 0.385 e. The number of nitrogens with zero attached hydrogens (tertiary/aromatic N) is 4. The zero-order valence-corrected chi connectivity index (χ0v) is 21.4. The van der Waals surface area contributed by atoms with Gasteiger partial charge >= 0.3 is 0 Å². The van der Waals surface area contributed by atoms with Gasteiger partial charge in [-0.15, -0.1) is 0 Å². The summed E-state index contributed by atoms with van der Waals surface area (Å²) >= 11 is 0. The van der Waals surface area contributed by atoms with Gasteiger partial charge in [0.05, 0.1) is 18.1 Å². The van der Waals surface area contributed by atoms with Gasteiger partial charge in [-0.25, -0.2) is 13.4 Å². The van der Waals surface area contributed by atoms with E-state index >= 15 is 0 Å². The molecule has 3 heterocycles. The molecule has 0 spiro atoms. The van der Waals surface area contributed by atoms with E-state index in [4.69, 9.17) is 4.52 Å². The first kappa shape index (κ1) is 25.0. The predicted octanol–water partition coefficient (Wildman–Crippen LogP) is 3.27. The molecule has 1 saturated heterocycles. The molecule has 9 heteroatoms. The molecule has 5 rings (SSSR count). The van der Waals surface area contributed by atoms with Gasteiger partial charge in [0.25, 0.3) is 0 Å². The maximum Gasteiger partial charge on any atom is 0.167 e. The molecule has 0 saturated carbocycles. The average Bonchev–Trinajstić information content (AvgIpc) is 3.55. The number of aliphatic hydroxyl groups is 1. The number of rotatable bonds is 6. The van der Waals surface area contributed by atoms with Gasteiger partial charge in [-0.1, -0.05) is 29.1 Å². The highest BCUT2D eigenvalue weighted by molar-refractivity contribution is 7.91. The van der Waals surface area contributed by atoms with Crippen molar-refractivity contribution in [2.75, 3.05) is 24.6 Å². The van der Waals surface area contributed by atoms with Crippen molar-refractivity contribution in [2.24, 2.45) is 0 Å². The molecule has 8 nitrogen and oxygen atoms in total. The molecule has 1 fully saturated rings. The van der Waals surface area contributed by atoms with Crippen molar-refractivity contribution < 1.29 is 18.0 Å². The second kappa shape index (κ2) is 10.7. The normalized spacial score (nSPS) is 16.2. The Hall–Kier alpha value is -3.71. The molecule has 4 aromatic rings. The van der Waals surface area contributed by atoms with Crippen molar-refractivity contribution in [1.82, 2.24) is 19.6 Å². The molecule has 1 aliphatic heterocycles. The summed E-state index contributed by atoms with van der Waals surface area (Å²) in [7, 11) is -2.86. The Bertz CT molecular complexity index is 1510. The van der Waals surface area contributed by atoms with Crippen LogP contribution in [0, 0.1) is 11.8 Å². The maximum atomic E-state index is 11.6. The van der Waals surface area contributed by atoms with Crippen LogP contribution >= 0.6 is 0 Å². The van der Waals surface area contributed by atoms with Crippen LogP contribution in [0.2, 0.25) is 0 Å². The second-order valence-corrected chi connectivity index (χ2v) is 11.5. The fraction of sp³-hybridized carbons (Fsp3) is 0.286. The van der Waals surface area contributed by atoms with E-state index in [1.165, 1.54) is 0 Å². The van der Waals surface area contributed by atoms with Crippen LogP contribution in [0.3, 0.4) is 0 Å². The SMILES string of the molecule is CC(O)c1nccn1Cc1cc(-c2ccc(C#Cc3ccc(CN4CCS(=O)(=O)CC4)cc3)cc2)on1. The Kier molecular flexibility index (Phi) is 7.24. The van der Waals surface area contributed by atoms with E-state index in [1.807, 2.05) is 59.2 Å². The highest BCUT2D eigenvalue weighted by Crippen LogP contribution is 2.22. The van der Waals surface area contributed by atoms with E-state index in [9.17, 15) is 13.5 Å². The summed E-state index contributed by atoms with van der Waals surface area (Å²) in [5, 5.41) is 14.0. The molecular formula is C28H28N4O4S. The fourth-order valence-corrected chi connectivity index (χ4v) is 5.52. The standard InChI is InChI=1S/C28H28N4O4S/c1-21(33)28-29-12-13-32(28)20-26-18-27(36-30-26)25-10-8-23(9-11-25)3-2-22-4-6-24(7-5-22)19-31-14-16-37(34,35)17-15-31/h4-13,18,21,33H,14-17,19-20H2,1H3. The van der Waals surface area contributed by atoms with Crippen LogP contribution in [-0.4, -0.2) is 57.7 Å². The first-order valence-electron chi connectivity index (χ1n) is 12.1. The molecule has 37 heavy (non-hydrogen) atoms. The Balaban J connectivity index is 1.19. The zero-order valence-electron chi connectivity index (χ0n) is 20.5. The molecule has 1 aliphatic rings. The van der Waals surface area contributed by atoms with Crippen LogP contribution in [0.5, 0.6) is 0 Å². The third-order valence-corrected chi connectivity index (χ3v) is 7.94. The van der Waals surface area contributed by atoms with Gasteiger partial charge in [-0.05, 0) is 48.9 Å². The minimum Gasteiger partial charge on any atom is -0.385 e. The smallest absolute Gasteiger partial charge is 0.167 e. The predicted molar refractivity (Wildman–Crippen MR) is 140 cm³/mol.